The van der Waals surface area contributed by atoms with E-state index in [-0.39, 0.29) is 17.9 Å². The first kappa shape index (κ1) is 10.5. The highest BCUT2D eigenvalue weighted by atomic mass is 16.2. The molecule has 0 saturated heterocycles. The molecule has 1 aliphatic rings. The highest BCUT2D eigenvalue weighted by Crippen LogP contribution is 2.18. The molecule has 76 valence electrons. The largest absolute Gasteiger partial charge is 0.387 e. The topological polar surface area (TPSA) is 91.3 Å². The molecule has 0 radical (unpaired) electrons. The normalized spacial score (nSPS) is 25.3. The number of hydrogen-bond donors (Lipinski definition) is 2. The first-order valence-electron chi connectivity index (χ1n) is 4.62. The van der Waals surface area contributed by atoms with E-state index in [2.05, 4.69) is 10.3 Å². The Bertz CT molecular complexity index is 292. The van der Waals surface area contributed by atoms with E-state index in [0.29, 0.717) is 25.2 Å². The number of carbonyl (C=O) groups is 1. The number of nitrogens with two attached hydrogens (primary N) is 1. The average Bonchev–Trinajstić information content (AvgIpc) is 2.45. The van der Waals surface area contributed by atoms with E-state index in [1.54, 1.807) is 0 Å². The second kappa shape index (κ2) is 4.61. The van der Waals surface area contributed by atoms with E-state index >= 15 is 0 Å². The van der Waals surface area contributed by atoms with Crippen LogP contribution in [0.3, 0.4) is 0 Å². The van der Waals surface area contributed by atoms with E-state index < -0.39 is 0 Å². The number of nitrogens with one attached hydrogen (secondary N) is 1. The molecule has 0 spiro atoms. The molecule has 1 heterocycles. The van der Waals surface area contributed by atoms with Crippen LogP contribution >= 0.6 is 0 Å². The van der Waals surface area contributed by atoms with Gasteiger partial charge in [-0.15, -0.1) is 0 Å². The SMILES string of the molecule is C[C@H]1CC(N)=N[C@@H]1C(=O)NCCC#N. The van der Waals surface area contributed by atoms with Crippen molar-refractivity contribution in [3.63, 3.8) is 0 Å². The van der Waals surface area contributed by atoms with Crippen LogP contribution in [-0.4, -0.2) is 24.3 Å². The molecule has 0 aromatic rings. The minimum Gasteiger partial charge on any atom is -0.387 e. The maximum absolute atomic E-state index is 11.5. The molecule has 1 amide bonds. The van der Waals surface area contributed by atoms with E-state index in [9.17, 15) is 4.79 Å². The summed E-state index contributed by atoms with van der Waals surface area (Å²) in [4.78, 5) is 15.5. The maximum atomic E-state index is 11.5. The van der Waals surface area contributed by atoms with Crippen molar-refractivity contribution in [1.82, 2.24) is 5.32 Å². The summed E-state index contributed by atoms with van der Waals surface area (Å²) >= 11 is 0. The van der Waals surface area contributed by atoms with Gasteiger partial charge in [-0.25, -0.2) is 0 Å². The molecule has 3 N–H and O–H groups in total. The molecule has 0 unspecified atom stereocenters. The van der Waals surface area contributed by atoms with Crippen molar-refractivity contribution in [1.29, 1.82) is 5.26 Å². The summed E-state index contributed by atoms with van der Waals surface area (Å²) in [6.45, 7) is 2.33. The second-order valence-electron chi connectivity index (χ2n) is 3.45. The number of nitriles is 1. The van der Waals surface area contributed by atoms with Crippen LogP contribution in [0.2, 0.25) is 0 Å². The van der Waals surface area contributed by atoms with Gasteiger partial charge in [0.1, 0.15) is 6.04 Å². The fourth-order valence-electron chi connectivity index (χ4n) is 1.46. The van der Waals surface area contributed by atoms with Gasteiger partial charge in [0.25, 0.3) is 0 Å². The van der Waals surface area contributed by atoms with E-state index in [1.165, 1.54) is 0 Å². The van der Waals surface area contributed by atoms with Crippen molar-refractivity contribution in [2.45, 2.75) is 25.8 Å². The summed E-state index contributed by atoms with van der Waals surface area (Å²) < 4.78 is 0. The molecule has 0 aromatic carbocycles. The fourth-order valence-corrected chi connectivity index (χ4v) is 1.46. The third kappa shape index (κ3) is 2.46. The van der Waals surface area contributed by atoms with Crippen molar-refractivity contribution < 1.29 is 4.79 Å². The monoisotopic (exact) mass is 194 g/mol. The molecule has 5 heteroatoms. The predicted molar refractivity (Wildman–Crippen MR) is 52.4 cm³/mol. The van der Waals surface area contributed by atoms with Crippen molar-refractivity contribution in [3.05, 3.63) is 0 Å². The summed E-state index contributed by atoms with van der Waals surface area (Å²) in [5, 5.41) is 10.9. The van der Waals surface area contributed by atoms with E-state index in [1.807, 2.05) is 13.0 Å². The first-order chi connectivity index (χ1) is 6.65. The van der Waals surface area contributed by atoms with E-state index in [4.69, 9.17) is 11.0 Å². The summed E-state index contributed by atoms with van der Waals surface area (Å²) in [6.07, 6.45) is 1.00. The van der Waals surface area contributed by atoms with Crippen molar-refractivity contribution in [2.24, 2.45) is 16.6 Å². The molecule has 1 aliphatic heterocycles. The number of carbonyl (C=O) groups excluding carboxylic acids is 1. The number of hydrogen-bond acceptors (Lipinski definition) is 4. The predicted octanol–water partition coefficient (Wildman–Crippen LogP) is -0.218. The molecule has 0 saturated carbocycles. The molecule has 1 rings (SSSR count). The lowest BCUT2D eigenvalue weighted by Crippen LogP contribution is -2.36. The summed E-state index contributed by atoms with van der Waals surface area (Å²) in [5.74, 6) is 0.572. The Kier molecular flexibility index (Phi) is 3.46. The molecule has 0 bridgehead atoms. The zero-order valence-electron chi connectivity index (χ0n) is 8.16. The van der Waals surface area contributed by atoms with Gasteiger partial charge in [0.15, 0.2) is 0 Å². The van der Waals surface area contributed by atoms with E-state index in [0.717, 1.165) is 0 Å². The van der Waals surface area contributed by atoms with Crippen molar-refractivity contribution in [2.75, 3.05) is 6.54 Å². The van der Waals surface area contributed by atoms with Gasteiger partial charge in [0.05, 0.1) is 18.3 Å². The third-order valence-corrected chi connectivity index (χ3v) is 2.18. The Morgan fingerprint density at radius 3 is 3.07 bits per heavy atom. The van der Waals surface area contributed by atoms with Crippen molar-refractivity contribution in [3.8, 4) is 6.07 Å². The second-order valence-corrected chi connectivity index (χ2v) is 3.45. The molecule has 0 aliphatic carbocycles. The Morgan fingerprint density at radius 1 is 1.86 bits per heavy atom. The van der Waals surface area contributed by atoms with Crippen molar-refractivity contribution >= 4 is 11.7 Å². The van der Waals surface area contributed by atoms with Crippen LogP contribution in [0.15, 0.2) is 4.99 Å². The summed E-state index contributed by atoms with van der Waals surface area (Å²) in [6, 6.07) is 1.59. The summed E-state index contributed by atoms with van der Waals surface area (Å²) in [5.41, 5.74) is 5.53. The molecular formula is C9H14N4O. The third-order valence-electron chi connectivity index (χ3n) is 2.18. The minimum absolute atomic E-state index is 0.131. The van der Waals surface area contributed by atoms with Crippen LogP contribution in [0, 0.1) is 17.2 Å². The highest BCUT2D eigenvalue weighted by molar-refractivity contribution is 5.91. The first-order valence-corrected chi connectivity index (χ1v) is 4.62. The number of amides is 1. The number of aliphatic imine (C=N–C) groups is 1. The van der Waals surface area contributed by atoms with Gasteiger partial charge in [0.2, 0.25) is 5.91 Å². The molecular weight excluding hydrogens is 180 g/mol. The van der Waals surface area contributed by atoms with Crippen LogP contribution in [-0.2, 0) is 4.79 Å². The van der Waals surface area contributed by atoms with Crippen LogP contribution in [0.4, 0.5) is 0 Å². The number of amidine groups is 1. The van der Waals surface area contributed by atoms with Gasteiger partial charge in [0, 0.05) is 13.0 Å². The lowest BCUT2D eigenvalue weighted by atomic mass is 10.0. The van der Waals surface area contributed by atoms with Crippen LogP contribution < -0.4 is 11.1 Å². The molecule has 14 heavy (non-hydrogen) atoms. The standard InChI is InChI=1S/C9H14N4O/c1-6-5-7(11)13-8(6)9(14)12-4-2-3-10/h6,8H,2,4-5H2,1H3,(H2,11,13)(H,12,14)/t6-,8-/m0/s1. The van der Waals surface area contributed by atoms with Gasteiger partial charge in [-0.05, 0) is 5.92 Å². The van der Waals surface area contributed by atoms with Gasteiger partial charge >= 0.3 is 0 Å². The quantitative estimate of drug-likeness (QED) is 0.608. The Labute approximate surface area is 83.0 Å². The fraction of sp³-hybridized carbons (Fsp3) is 0.667. The molecule has 0 aromatic heterocycles. The summed E-state index contributed by atoms with van der Waals surface area (Å²) in [7, 11) is 0. The van der Waals surface area contributed by atoms with Crippen LogP contribution in [0.5, 0.6) is 0 Å². The average molecular weight is 194 g/mol. The highest BCUT2D eigenvalue weighted by Gasteiger charge is 2.29. The molecule has 0 fully saturated rings. The number of rotatable bonds is 3. The number of nitrogens with zero attached hydrogens (tertiary/aromatic N) is 2. The van der Waals surface area contributed by atoms with Gasteiger partial charge in [-0.1, -0.05) is 6.92 Å². The lowest BCUT2D eigenvalue weighted by Gasteiger charge is -2.11. The molecule has 5 nitrogen and oxygen atoms in total. The van der Waals surface area contributed by atoms with Gasteiger partial charge in [-0.2, -0.15) is 5.26 Å². The maximum Gasteiger partial charge on any atom is 0.245 e. The van der Waals surface area contributed by atoms with Crippen LogP contribution in [0.1, 0.15) is 19.8 Å². The van der Waals surface area contributed by atoms with Gasteiger partial charge < -0.3 is 11.1 Å². The zero-order chi connectivity index (χ0) is 10.6. The minimum atomic E-state index is -0.367. The Balaban J connectivity index is 2.41. The lowest BCUT2D eigenvalue weighted by molar-refractivity contribution is -0.122. The zero-order valence-corrected chi connectivity index (χ0v) is 8.16. The van der Waals surface area contributed by atoms with Crippen LogP contribution in [0.25, 0.3) is 0 Å². The Hall–Kier alpha value is -1.57. The molecule has 2 atom stereocenters. The van der Waals surface area contributed by atoms with Gasteiger partial charge in [-0.3, -0.25) is 9.79 Å². The smallest absolute Gasteiger partial charge is 0.245 e. The Morgan fingerprint density at radius 2 is 2.57 bits per heavy atom.